The fourth-order valence-electron chi connectivity index (χ4n) is 21.9. The van der Waals surface area contributed by atoms with Crippen molar-refractivity contribution in [3.05, 3.63) is 236 Å². The summed E-state index contributed by atoms with van der Waals surface area (Å²) in [7, 11) is 0. The van der Waals surface area contributed by atoms with Gasteiger partial charge in [0.2, 0.25) is 0 Å². The summed E-state index contributed by atoms with van der Waals surface area (Å²) >= 11 is 9.39. The summed E-state index contributed by atoms with van der Waals surface area (Å²) < 4.78 is 85.4. The van der Waals surface area contributed by atoms with Crippen LogP contribution in [0.3, 0.4) is 0 Å². The maximum Gasteiger partial charge on any atom is 0.416 e. The van der Waals surface area contributed by atoms with Crippen LogP contribution in [0.2, 0.25) is 5.02 Å². The fourth-order valence-corrected chi connectivity index (χ4v) is 22.3. The molecule has 12 amide bonds. The number of amides is 12. The number of rotatable bonds is 13. The van der Waals surface area contributed by atoms with Crippen molar-refractivity contribution in [3.63, 3.8) is 0 Å². The first-order valence-electron chi connectivity index (χ1n) is 43.2. The number of anilines is 4. The van der Waals surface area contributed by atoms with Gasteiger partial charge in [0.25, 0.3) is 23.6 Å². The van der Waals surface area contributed by atoms with Gasteiger partial charge >= 0.3 is 54.2 Å². The van der Waals surface area contributed by atoms with E-state index in [1.165, 1.54) is 21.6 Å². The Balaban J connectivity index is 0.000000122. The summed E-state index contributed by atoms with van der Waals surface area (Å²) in [4.78, 5) is 173. The molecule has 33 heteroatoms. The van der Waals surface area contributed by atoms with Crippen LogP contribution in [0, 0.1) is 61.2 Å². The highest BCUT2D eigenvalue weighted by molar-refractivity contribution is 9.10. The molecule has 8 saturated heterocycles. The van der Waals surface area contributed by atoms with Crippen LogP contribution < -0.4 is 38.5 Å². The van der Waals surface area contributed by atoms with E-state index in [1.54, 1.807) is 136 Å². The molecular formula is C97H93BrClF3N8O20. The lowest BCUT2D eigenvalue weighted by Gasteiger charge is -2.34. The molecule has 28 nitrogen and oxygen atoms in total. The van der Waals surface area contributed by atoms with Crippen LogP contribution in [-0.2, 0) is 69.9 Å². The molecule has 0 radical (unpaired) electrons. The van der Waals surface area contributed by atoms with Crippen LogP contribution in [0.5, 0.6) is 23.0 Å². The van der Waals surface area contributed by atoms with E-state index in [-0.39, 0.29) is 70.4 Å². The first kappa shape index (κ1) is 89.2. The number of nitrogens with zero attached hydrogens (tertiary/aromatic N) is 8. The largest absolute Gasteiger partial charge is 0.493 e. The molecule has 16 atom stereocenters. The van der Waals surface area contributed by atoms with Crippen molar-refractivity contribution in [2.45, 2.75) is 135 Å². The van der Waals surface area contributed by atoms with Gasteiger partial charge < -0.3 is 57.5 Å². The van der Waals surface area contributed by atoms with Gasteiger partial charge in [0.05, 0.1) is 129 Å². The lowest BCUT2D eigenvalue weighted by molar-refractivity contribution is -0.155. The third-order valence-electron chi connectivity index (χ3n) is 27.5. The van der Waals surface area contributed by atoms with Gasteiger partial charge in [-0.1, -0.05) is 118 Å². The van der Waals surface area contributed by atoms with Crippen molar-refractivity contribution in [3.8, 4) is 23.0 Å². The van der Waals surface area contributed by atoms with E-state index in [0.29, 0.717) is 50.6 Å². The number of hydrogen-bond donors (Lipinski definition) is 0. The molecule has 8 fully saturated rings. The Morgan fingerprint density at radius 1 is 0.385 bits per heavy atom. The number of ether oxygens (including phenoxy) is 8. The number of carbonyl (C=O) groups is 12. The highest BCUT2D eigenvalue weighted by Gasteiger charge is 2.77. The number of urea groups is 4. The molecule has 12 aliphatic rings. The smallest absolute Gasteiger partial charge is 0.416 e. The predicted octanol–water partition coefficient (Wildman–Crippen LogP) is 16.2. The molecule has 8 aromatic carbocycles. The monoisotopic (exact) mass is 1860 g/mol. The van der Waals surface area contributed by atoms with Gasteiger partial charge in [0.15, 0.2) is 0 Å². The molecule has 8 aromatic rings. The zero-order chi connectivity index (χ0) is 92.6. The van der Waals surface area contributed by atoms with Gasteiger partial charge in [-0.2, -0.15) is 13.2 Å². The zero-order valence-electron chi connectivity index (χ0n) is 72.7. The standard InChI is InChI=1S/C26H25F3N2O5.C24H23BrN2O5.C24H23ClN2O5.C23H22N2O5/c1-4-14-6-11-17-19(12-14)36-13-18-20(22(32)35-5-2)25(3)23(33)30(24(34)31(25)21(17)18)16-9-7-15(8-10-16)26(27,28)29;2*1-4-31-21(28)19-17-12-32-18-10-5-13(2)11-16(18)20(17)27-23(30)26(22(29)24(19,27)3)15-8-6-14(25)7-9-15;1-3-29-20(26)18-16-13-30-17-12-8-7-11-15(17)19(16)25-22(28)24(21(27)23(18,25)2)14-9-5-4-6-10-14/h6-12,18,20-21H,4-5,13H2,1-3H3;2*5-11,17,19-20H,4,12H2,1-3H3;4-12,16,18-19H,3,13H2,1-2H3/t18-,20+,21-,25-;17-,19+,20+,24+;17-,19+,20-,24-;16-,18+,19+,23+/m1111/s1. The average Bonchev–Trinajstić information content (AvgIpc) is 1.54. The number of benzene rings is 8. The second-order valence-corrected chi connectivity index (χ2v) is 35.9. The topological polar surface area (TPSA) is 305 Å². The summed E-state index contributed by atoms with van der Waals surface area (Å²) in [5, 5.41) is 0.498. The van der Waals surface area contributed by atoms with E-state index in [2.05, 4.69) is 15.9 Å². The Bertz CT molecular complexity index is 5820. The van der Waals surface area contributed by atoms with Crippen LogP contribution in [-0.4, -0.2) is 166 Å². The molecule has 0 N–H and O–H groups in total. The predicted molar refractivity (Wildman–Crippen MR) is 468 cm³/mol. The molecule has 0 saturated carbocycles. The van der Waals surface area contributed by atoms with Gasteiger partial charge in [-0.05, 0) is 190 Å². The van der Waals surface area contributed by atoms with Crippen LogP contribution in [0.4, 0.5) is 55.1 Å². The number of alkyl halides is 3. The van der Waals surface area contributed by atoms with E-state index in [4.69, 9.17) is 49.5 Å². The van der Waals surface area contributed by atoms with E-state index < -0.39 is 165 Å². The normalized spacial score (nSPS) is 28.1. The first-order chi connectivity index (χ1) is 62.1. The number of aryl methyl sites for hydroxylation is 3. The third kappa shape index (κ3) is 13.7. The van der Waals surface area contributed by atoms with E-state index in [1.807, 2.05) is 106 Å². The Kier molecular flexibility index (Phi) is 23.0. The van der Waals surface area contributed by atoms with Gasteiger partial charge in [-0.15, -0.1) is 0 Å². The Morgan fingerprint density at radius 3 is 1.05 bits per heavy atom. The number of fused-ring (bicyclic) bond motifs is 20. The van der Waals surface area contributed by atoms with Gasteiger partial charge in [0.1, 0.15) is 45.2 Å². The molecule has 0 aromatic heterocycles. The summed E-state index contributed by atoms with van der Waals surface area (Å²) in [5.41, 5.74) is 0.902. The minimum Gasteiger partial charge on any atom is -0.493 e. The van der Waals surface area contributed by atoms with Gasteiger partial charge in [-0.3, -0.25) is 38.4 Å². The molecule has 12 heterocycles. The molecule has 676 valence electrons. The molecular weight excluding hydrogens is 1770 g/mol. The number of imide groups is 4. The summed E-state index contributed by atoms with van der Waals surface area (Å²) in [5.74, 6) is -6.66. The highest BCUT2D eigenvalue weighted by atomic mass is 79.9. The zero-order valence-corrected chi connectivity index (χ0v) is 75.1. The van der Waals surface area contributed by atoms with E-state index in [9.17, 15) is 70.7 Å². The average molecular weight is 1860 g/mol. The Hall–Kier alpha value is -12.8. The Labute approximate surface area is 759 Å². The number of para-hydroxylation sites is 2. The van der Waals surface area contributed by atoms with Crippen molar-refractivity contribution in [1.82, 2.24) is 19.6 Å². The van der Waals surface area contributed by atoms with Crippen molar-refractivity contribution < 1.29 is 109 Å². The maximum atomic E-state index is 13.9. The van der Waals surface area contributed by atoms with Crippen LogP contribution in [0.25, 0.3) is 0 Å². The summed E-state index contributed by atoms with van der Waals surface area (Å²) in [6.45, 7) is 20.8. The second-order valence-electron chi connectivity index (χ2n) is 34.5. The lowest BCUT2D eigenvalue weighted by atomic mass is 9.77. The van der Waals surface area contributed by atoms with E-state index in [0.717, 1.165) is 78.3 Å². The summed E-state index contributed by atoms with van der Waals surface area (Å²) in [6.07, 6.45) is -3.79. The summed E-state index contributed by atoms with van der Waals surface area (Å²) in [6, 6.07) is 46.8. The van der Waals surface area contributed by atoms with Crippen LogP contribution in [0.1, 0.15) is 131 Å². The highest BCUT2D eigenvalue weighted by Crippen LogP contribution is 2.64. The fraction of sp³-hybridized carbons (Fsp3) is 0.381. The SMILES string of the molecule is CCOC(=O)[C@@H]1[C@H]2COc3cc(CC)ccc3[C@H]2N2C(=O)N(c3ccc(C(F)(F)F)cc3)C(=O)[C@@]12C.CCOC(=O)[C@@H]1[C@H]2COc3ccc(C)cc3[C@@H]2N2C(=O)N(c3ccc(Br)cc3)C(=O)[C@]12C.CCOC(=O)[C@@H]1[C@H]2COc3ccc(C)cc3[C@H]2N2C(=O)N(c3ccc(Cl)cc3)C(=O)[C@@]12C.CCOC(=O)[C@@H]1[C@H]2COc3ccccc3[C@@H]2N2C(=O)N(c3ccccc3)C(=O)[C@]12C. The molecule has 0 aliphatic carbocycles. The quantitative estimate of drug-likeness (QED) is 0.0588. The van der Waals surface area contributed by atoms with Crippen molar-refractivity contribution >= 4 is 122 Å². The maximum absolute atomic E-state index is 13.9. The second kappa shape index (κ2) is 33.6. The molecule has 0 unspecified atom stereocenters. The van der Waals surface area contributed by atoms with Crippen LogP contribution >= 0.6 is 27.5 Å². The third-order valence-corrected chi connectivity index (χ3v) is 28.3. The molecule has 130 heavy (non-hydrogen) atoms. The van der Waals surface area contributed by atoms with Gasteiger partial charge in [-0.25, -0.2) is 38.8 Å². The minimum atomic E-state index is -4.56. The Morgan fingerprint density at radius 2 is 0.692 bits per heavy atom. The van der Waals surface area contributed by atoms with E-state index >= 15 is 0 Å². The minimum absolute atomic E-state index is 0.00129. The lowest BCUT2D eigenvalue weighted by Crippen LogP contribution is -2.51. The molecule has 20 rings (SSSR count). The number of halogens is 5. The number of esters is 4. The number of hydrogen-bond acceptors (Lipinski definition) is 20. The number of carbonyl (C=O) groups excluding carboxylic acids is 12. The molecule has 0 spiro atoms. The molecule has 12 aliphatic heterocycles. The van der Waals surface area contributed by atoms with Crippen molar-refractivity contribution in [1.29, 1.82) is 0 Å². The van der Waals surface area contributed by atoms with Gasteiger partial charge in [0, 0.05) is 55.4 Å². The molecule has 0 bridgehead atoms. The van der Waals surface area contributed by atoms with Crippen molar-refractivity contribution in [2.24, 2.45) is 47.3 Å². The van der Waals surface area contributed by atoms with Crippen molar-refractivity contribution in [2.75, 3.05) is 72.5 Å². The first-order valence-corrected chi connectivity index (χ1v) is 44.3. The van der Waals surface area contributed by atoms with Crippen LogP contribution in [0.15, 0.2) is 186 Å².